The van der Waals surface area contributed by atoms with E-state index in [9.17, 15) is 0 Å². The highest BCUT2D eigenvalue weighted by atomic mass is 16.3. The molecule has 4 aromatic rings. The van der Waals surface area contributed by atoms with Crippen molar-refractivity contribution < 1.29 is 4.42 Å². The van der Waals surface area contributed by atoms with Gasteiger partial charge in [0.2, 0.25) is 0 Å². The van der Waals surface area contributed by atoms with E-state index in [-0.39, 0.29) is 0 Å². The van der Waals surface area contributed by atoms with Crippen LogP contribution in [0.4, 0.5) is 5.82 Å². The number of fused-ring (bicyclic) bond motifs is 2. The number of rotatable bonds is 3. The Bertz CT molecular complexity index is 1300. The average Bonchev–Trinajstić information content (AvgIpc) is 3.14. The zero-order chi connectivity index (χ0) is 21.8. The molecule has 8 heteroatoms. The van der Waals surface area contributed by atoms with Gasteiger partial charge in [0, 0.05) is 57.3 Å². The predicted octanol–water partition coefficient (Wildman–Crippen LogP) is 2.97. The van der Waals surface area contributed by atoms with E-state index < -0.39 is 0 Å². The Hall–Kier alpha value is -3.10. The Labute approximate surface area is 186 Å². The maximum atomic E-state index is 5.59. The van der Waals surface area contributed by atoms with Crippen molar-refractivity contribution in [2.24, 2.45) is 0 Å². The normalized spacial score (nSPS) is 20.8. The predicted molar refractivity (Wildman–Crippen MR) is 125 cm³/mol. The van der Waals surface area contributed by atoms with Gasteiger partial charge in [0.1, 0.15) is 16.9 Å². The van der Waals surface area contributed by atoms with Crippen molar-refractivity contribution in [3.05, 3.63) is 42.4 Å². The fraction of sp³-hybridized carbons (Fsp3) is 0.417. The van der Waals surface area contributed by atoms with Crippen LogP contribution in [-0.2, 0) is 0 Å². The molecule has 32 heavy (non-hydrogen) atoms. The number of nitrogens with zero attached hydrogens (tertiary/aromatic N) is 7. The third-order valence-electron chi connectivity index (χ3n) is 6.88. The van der Waals surface area contributed by atoms with Crippen LogP contribution in [0.3, 0.4) is 0 Å². The van der Waals surface area contributed by atoms with E-state index >= 15 is 0 Å². The van der Waals surface area contributed by atoms with Crippen molar-refractivity contribution in [1.82, 2.24) is 29.7 Å². The molecule has 1 aromatic carbocycles. The molecule has 0 saturated carbocycles. The van der Waals surface area contributed by atoms with Crippen LogP contribution in [-0.4, -0.2) is 81.6 Å². The van der Waals surface area contributed by atoms with Gasteiger partial charge in [-0.2, -0.15) is 0 Å². The first kappa shape index (κ1) is 19.6. The van der Waals surface area contributed by atoms with E-state index in [2.05, 4.69) is 38.6 Å². The summed E-state index contributed by atoms with van der Waals surface area (Å²) in [5.74, 6) is 1.57. The van der Waals surface area contributed by atoms with E-state index in [1.165, 1.54) is 0 Å². The summed E-state index contributed by atoms with van der Waals surface area (Å²) in [5, 5.41) is 0. The molecule has 2 fully saturated rings. The number of aryl methyl sites for hydroxylation is 1. The van der Waals surface area contributed by atoms with Gasteiger partial charge < -0.3 is 14.2 Å². The molecule has 3 aromatic heterocycles. The van der Waals surface area contributed by atoms with E-state index in [0.29, 0.717) is 23.6 Å². The Morgan fingerprint density at radius 1 is 0.969 bits per heavy atom. The standard InChI is InChI=1S/C24H27N7O/c1-15-12-30(9-8-29(15)3)18-13-31(14-18)23-11-25-20-6-5-19(27-24(20)28-23)17-4-7-22-21(10-17)26-16(2)32-22/h4-7,10-11,15,18H,8-9,12-14H2,1-3H3/t15-/m0/s1. The van der Waals surface area contributed by atoms with Crippen LogP contribution in [0.1, 0.15) is 12.8 Å². The van der Waals surface area contributed by atoms with Gasteiger partial charge in [-0.15, -0.1) is 0 Å². The summed E-state index contributed by atoms with van der Waals surface area (Å²) in [5.41, 5.74) is 4.96. The molecule has 0 amide bonds. The maximum absolute atomic E-state index is 5.59. The number of pyridine rings is 1. The highest BCUT2D eigenvalue weighted by Gasteiger charge is 2.35. The summed E-state index contributed by atoms with van der Waals surface area (Å²) < 4.78 is 5.59. The quantitative estimate of drug-likeness (QED) is 0.492. The molecule has 0 aliphatic carbocycles. The highest BCUT2D eigenvalue weighted by molar-refractivity contribution is 5.82. The van der Waals surface area contributed by atoms with Crippen molar-refractivity contribution >= 4 is 28.1 Å². The van der Waals surface area contributed by atoms with Gasteiger partial charge in [-0.3, -0.25) is 4.90 Å². The summed E-state index contributed by atoms with van der Waals surface area (Å²) >= 11 is 0. The number of aromatic nitrogens is 4. The molecule has 164 valence electrons. The Balaban J connectivity index is 1.22. The van der Waals surface area contributed by atoms with Gasteiger partial charge in [-0.05, 0) is 44.3 Å². The van der Waals surface area contributed by atoms with Crippen LogP contribution in [0.15, 0.2) is 40.9 Å². The summed E-state index contributed by atoms with van der Waals surface area (Å²) in [7, 11) is 2.21. The number of benzene rings is 1. The first-order chi connectivity index (χ1) is 15.5. The average molecular weight is 430 g/mol. The molecule has 8 nitrogen and oxygen atoms in total. The number of likely N-dealkylation sites (N-methyl/N-ethyl adjacent to an activating group) is 1. The van der Waals surface area contributed by atoms with E-state index in [1.54, 1.807) is 0 Å². The van der Waals surface area contributed by atoms with Crippen molar-refractivity contribution in [3.8, 4) is 11.3 Å². The first-order valence-corrected chi connectivity index (χ1v) is 11.2. The van der Waals surface area contributed by atoms with E-state index in [0.717, 1.165) is 66.4 Å². The van der Waals surface area contributed by atoms with E-state index in [4.69, 9.17) is 14.4 Å². The number of hydrogen-bond donors (Lipinski definition) is 0. The summed E-state index contributed by atoms with van der Waals surface area (Å²) in [6, 6.07) is 11.1. The molecule has 0 radical (unpaired) electrons. The molecular weight excluding hydrogens is 402 g/mol. The Morgan fingerprint density at radius 3 is 2.69 bits per heavy atom. The van der Waals surface area contributed by atoms with Gasteiger partial charge in [0.05, 0.1) is 11.9 Å². The second-order valence-corrected chi connectivity index (χ2v) is 9.07. The van der Waals surface area contributed by atoms with E-state index in [1.807, 2.05) is 43.5 Å². The smallest absolute Gasteiger partial charge is 0.192 e. The largest absolute Gasteiger partial charge is 0.441 e. The molecule has 5 heterocycles. The summed E-state index contributed by atoms with van der Waals surface area (Å²) in [6.07, 6.45) is 1.87. The van der Waals surface area contributed by atoms with Crippen LogP contribution < -0.4 is 4.90 Å². The number of piperazine rings is 1. The number of anilines is 1. The lowest BCUT2D eigenvalue weighted by Gasteiger charge is -2.49. The minimum absolute atomic E-state index is 0.598. The van der Waals surface area contributed by atoms with Crippen molar-refractivity contribution in [2.75, 3.05) is 44.7 Å². The van der Waals surface area contributed by atoms with Crippen molar-refractivity contribution in [3.63, 3.8) is 0 Å². The molecule has 2 saturated heterocycles. The Morgan fingerprint density at radius 2 is 1.84 bits per heavy atom. The minimum atomic E-state index is 0.598. The molecule has 0 spiro atoms. The molecule has 6 rings (SSSR count). The zero-order valence-electron chi connectivity index (χ0n) is 18.7. The van der Waals surface area contributed by atoms with Gasteiger partial charge in [-0.25, -0.2) is 19.9 Å². The lowest BCUT2D eigenvalue weighted by atomic mass is 10.0. The first-order valence-electron chi connectivity index (χ1n) is 11.2. The number of hydrogen-bond acceptors (Lipinski definition) is 8. The Kier molecular flexibility index (Phi) is 4.58. The monoisotopic (exact) mass is 429 g/mol. The second-order valence-electron chi connectivity index (χ2n) is 9.07. The topological polar surface area (TPSA) is 74.4 Å². The summed E-state index contributed by atoms with van der Waals surface area (Å²) in [6.45, 7) is 9.58. The van der Waals surface area contributed by atoms with Crippen LogP contribution in [0.5, 0.6) is 0 Å². The molecule has 1 atom stereocenters. The number of oxazole rings is 1. The lowest BCUT2D eigenvalue weighted by Crippen LogP contribution is -2.64. The molecule has 0 N–H and O–H groups in total. The fourth-order valence-corrected chi connectivity index (χ4v) is 4.69. The van der Waals surface area contributed by atoms with Crippen molar-refractivity contribution in [1.29, 1.82) is 0 Å². The van der Waals surface area contributed by atoms with Crippen LogP contribution in [0.2, 0.25) is 0 Å². The van der Waals surface area contributed by atoms with Gasteiger partial charge in [-0.1, -0.05) is 0 Å². The molecule has 0 bridgehead atoms. The summed E-state index contributed by atoms with van der Waals surface area (Å²) in [4.78, 5) is 26.1. The lowest BCUT2D eigenvalue weighted by molar-refractivity contribution is 0.0610. The van der Waals surface area contributed by atoms with Crippen molar-refractivity contribution in [2.45, 2.75) is 25.9 Å². The van der Waals surface area contributed by atoms with Gasteiger partial charge >= 0.3 is 0 Å². The molecule has 2 aliphatic rings. The maximum Gasteiger partial charge on any atom is 0.192 e. The van der Waals surface area contributed by atoms with Gasteiger partial charge in [0.25, 0.3) is 0 Å². The van der Waals surface area contributed by atoms with Crippen LogP contribution in [0, 0.1) is 6.92 Å². The minimum Gasteiger partial charge on any atom is -0.441 e. The van der Waals surface area contributed by atoms with Crippen LogP contribution in [0.25, 0.3) is 33.5 Å². The fourth-order valence-electron chi connectivity index (χ4n) is 4.69. The zero-order valence-corrected chi connectivity index (χ0v) is 18.7. The third-order valence-corrected chi connectivity index (χ3v) is 6.88. The van der Waals surface area contributed by atoms with Crippen LogP contribution >= 0.6 is 0 Å². The third kappa shape index (κ3) is 3.40. The molecule has 0 unspecified atom stereocenters. The van der Waals surface area contributed by atoms with Gasteiger partial charge in [0.15, 0.2) is 17.1 Å². The molecular formula is C24H27N7O. The SMILES string of the molecule is Cc1nc2cc(-c3ccc4ncc(N5CC(N6CCN(C)[C@@H](C)C6)C5)nc4n3)ccc2o1. The second kappa shape index (κ2) is 7.50. The molecule has 2 aliphatic heterocycles. The highest BCUT2D eigenvalue weighted by Crippen LogP contribution is 2.27.